The molecule has 0 saturated carbocycles. The number of rotatable bonds is 3. The molecule has 0 radical (unpaired) electrons. The number of benzene rings is 1. The summed E-state index contributed by atoms with van der Waals surface area (Å²) in [4.78, 5) is 3.91. The number of hydrogen-bond acceptors (Lipinski definition) is 2. The Labute approximate surface area is 116 Å². The second-order valence-electron chi connectivity index (χ2n) is 3.72. The Morgan fingerprint density at radius 1 is 1.21 bits per heavy atom. The van der Waals surface area contributed by atoms with Crippen LogP contribution in [0.3, 0.4) is 0 Å². The summed E-state index contributed by atoms with van der Waals surface area (Å²) in [5.41, 5.74) is 1.29. The van der Waals surface area contributed by atoms with Gasteiger partial charge in [0.25, 0.3) is 0 Å². The Kier molecular flexibility index (Phi) is 4.77. The van der Waals surface area contributed by atoms with Crippen molar-refractivity contribution in [2.75, 3.05) is 5.88 Å². The van der Waals surface area contributed by atoms with Crippen LogP contribution in [-0.4, -0.2) is 10.9 Å². The minimum absolute atomic E-state index is 0.180. The molecule has 4 heteroatoms. The second-order valence-corrected chi connectivity index (χ2v) is 3.99. The lowest BCUT2D eigenvalue weighted by Gasteiger charge is -2.06. The molecule has 2 nitrogen and oxygen atoms in total. The first-order valence-electron chi connectivity index (χ1n) is 5.65. The molecule has 0 atom stereocenters. The number of halogens is 2. The van der Waals surface area contributed by atoms with E-state index in [-0.39, 0.29) is 5.88 Å². The van der Waals surface area contributed by atoms with Crippen molar-refractivity contribution in [1.29, 1.82) is 0 Å². The lowest BCUT2D eigenvalue weighted by Crippen LogP contribution is -1.96. The number of pyridine rings is 1. The highest BCUT2D eigenvalue weighted by Crippen LogP contribution is 2.17. The van der Waals surface area contributed by atoms with Crippen LogP contribution in [-0.2, 0) is 6.61 Å². The maximum atomic E-state index is 13.7. The summed E-state index contributed by atoms with van der Waals surface area (Å²) in [5, 5.41) is 0. The third-order valence-corrected chi connectivity index (χ3v) is 2.52. The maximum Gasteiger partial charge on any atom is 0.142 e. The number of aromatic nitrogens is 1. The summed E-state index contributed by atoms with van der Waals surface area (Å²) < 4.78 is 19.2. The summed E-state index contributed by atoms with van der Waals surface area (Å²) in [6.45, 7) is 0.370. The van der Waals surface area contributed by atoms with E-state index >= 15 is 0 Å². The molecular weight excluding hydrogens is 265 g/mol. The Balaban J connectivity index is 2.04. The molecule has 0 spiro atoms. The molecule has 0 saturated heterocycles. The van der Waals surface area contributed by atoms with Crippen molar-refractivity contribution in [1.82, 2.24) is 4.98 Å². The van der Waals surface area contributed by atoms with Crippen LogP contribution in [0.5, 0.6) is 5.75 Å². The molecule has 96 valence electrons. The minimum atomic E-state index is -0.412. The van der Waals surface area contributed by atoms with Crippen molar-refractivity contribution in [2.45, 2.75) is 6.61 Å². The smallest absolute Gasteiger partial charge is 0.142 e. The predicted molar refractivity (Wildman–Crippen MR) is 72.6 cm³/mol. The molecule has 1 heterocycles. The number of alkyl halides is 1. The van der Waals surface area contributed by atoms with Crippen LogP contribution < -0.4 is 4.74 Å². The van der Waals surface area contributed by atoms with E-state index in [1.807, 2.05) is 12.1 Å². The largest absolute Gasteiger partial charge is 0.489 e. The highest BCUT2D eigenvalue weighted by Gasteiger charge is 2.02. The van der Waals surface area contributed by atoms with Gasteiger partial charge in [-0.1, -0.05) is 11.8 Å². The number of hydrogen-bond donors (Lipinski definition) is 0. The van der Waals surface area contributed by atoms with Crippen LogP contribution in [0, 0.1) is 17.7 Å². The van der Waals surface area contributed by atoms with E-state index < -0.39 is 5.82 Å². The Hall–Kier alpha value is -2.05. The molecule has 1 aromatic carbocycles. The van der Waals surface area contributed by atoms with Crippen LogP contribution in [0.1, 0.15) is 11.1 Å². The van der Waals surface area contributed by atoms with Gasteiger partial charge in [0.2, 0.25) is 0 Å². The average molecular weight is 276 g/mol. The van der Waals surface area contributed by atoms with Crippen molar-refractivity contribution in [3.8, 4) is 17.6 Å². The molecule has 2 rings (SSSR count). The molecule has 19 heavy (non-hydrogen) atoms. The quantitative estimate of drug-likeness (QED) is 0.633. The zero-order chi connectivity index (χ0) is 13.5. The third kappa shape index (κ3) is 3.97. The molecule has 0 unspecified atom stereocenters. The predicted octanol–water partition coefficient (Wildman–Crippen LogP) is 3.39. The minimum Gasteiger partial charge on any atom is -0.489 e. The lowest BCUT2D eigenvalue weighted by atomic mass is 10.2. The molecule has 0 aliphatic heterocycles. The van der Waals surface area contributed by atoms with Crippen molar-refractivity contribution in [3.05, 3.63) is 59.7 Å². The van der Waals surface area contributed by atoms with Crippen molar-refractivity contribution in [2.24, 2.45) is 0 Å². The van der Waals surface area contributed by atoms with E-state index in [9.17, 15) is 4.39 Å². The first kappa shape index (κ1) is 13.4. The number of nitrogens with zero attached hydrogens (tertiary/aromatic N) is 1. The third-order valence-electron chi connectivity index (χ3n) is 2.39. The van der Waals surface area contributed by atoms with Crippen LogP contribution >= 0.6 is 11.6 Å². The first-order chi connectivity index (χ1) is 9.29. The molecule has 1 aromatic heterocycles. The Bertz CT molecular complexity index is 605. The fourth-order valence-electron chi connectivity index (χ4n) is 1.46. The molecule has 0 aliphatic rings. The second kappa shape index (κ2) is 6.77. The molecule has 0 aliphatic carbocycles. The molecule has 2 aromatic rings. The average Bonchev–Trinajstić information content (AvgIpc) is 2.45. The monoisotopic (exact) mass is 275 g/mol. The molecule has 0 amide bonds. The SMILES string of the molecule is Fc1cc(OCc2ccncc2)ccc1C#CCCl. The summed E-state index contributed by atoms with van der Waals surface area (Å²) in [5.74, 6) is 5.48. The van der Waals surface area contributed by atoms with Crippen molar-refractivity contribution >= 4 is 11.6 Å². The van der Waals surface area contributed by atoms with Gasteiger partial charge in [-0.05, 0) is 29.8 Å². The molecular formula is C15H11ClFNO. The lowest BCUT2D eigenvalue weighted by molar-refractivity contribution is 0.304. The fourth-order valence-corrected chi connectivity index (χ4v) is 1.53. The van der Waals surface area contributed by atoms with Gasteiger partial charge in [0.15, 0.2) is 0 Å². The molecule has 0 bridgehead atoms. The summed E-state index contributed by atoms with van der Waals surface area (Å²) >= 11 is 5.43. The van der Waals surface area contributed by atoms with Gasteiger partial charge in [-0.25, -0.2) is 4.39 Å². The summed E-state index contributed by atoms with van der Waals surface area (Å²) in [6, 6.07) is 8.27. The molecule has 0 fully saturated rings. The summed E-state index contributed by atoms with van der Waals surface area (Å²) in [6.07, 6.45) is 3.37. The van der Waals surface area contributed by atoms with E-state index in [2.05, 4.69) is 16.8 Å². The fraction of sp³-hybridized carbons (Fsp3) is 0.133. The Morgan fingerprint density at radius 2 is 2.00 bits per heavy atom. The standard InChI is InChI=1S/C15H11ClFNO/c16-7-1-2-13-3-4-14(10-15(13)17)19-11-12-5-8-18-9-6-12/h3-6,8-10H,7,11H2. The maximum absolute atomic E-state index is 13.7. The van der Waals surface area contributed by atoms with Gasteiger partial charge in [0.1, 0.15) is 18.2 Å². The van der Waals surface area contributed by atoms with Crippen molar-refractivity contribution < 1.29 is 9.13 Å². The topological polar surface area (TPSA) is 22.1 Å². The van der Waals surface area contributed by atoms with Crippen LogP contribution in [0.4, 0.5) is 4.39 Å². The van der Waals surface area contributed by atoms with E-state index in [4.69, 9.17) is 16.3 Å². The van der Waals surface area contributed by atoms with Gasteiger partial charge in [0.05, 0.1) is 11.4 Å². The summed E-state index contributed by atoms with van der Waals surface area (Å²) in [7, 11) is 0. The zero-order valence-electron chi connectivity index (χ0n) is 10.1. The van der Waals surface area contributed by atoms with Crippen LogP contribution in [0.25, 0.3) is 0 Å². The van der Waals surface area contributed by atoms with Crippen LogP contribution in [0.2, 0.25) is 0 Å². The Morgan fingerprint density at radius 3 is 2.68 bits per heavy atom. The van der Waals surface area contributed by atoms with Crippen LogP contribution in [0.15, 0.2) is 42.7 Å². The van der Waals surface area contributed by atoms with Gasteiger partial charge >= 0.3 is 0 Å². The first-order valence-corrected chi connectivity index (χ1v) is 6.19. The highest BCUT2D eigenvalue weighted by atomic mass is 35.5. The van der Waals surface area contributed by atoms with Gasteiger partial charge in [-0.3, -0.25) is 4.98 Å². The van der Waals surface area contributed by atoms with Gasteiger partial charge in [0, 0.05) is 18.5 Å². The van der Waals surface area contributed by atoms with Gasteiger partial charge in [-0.2, -0.15) is 0 Å². The van der Waals surface area contributed by atoms with E-state index in [0.29, 0.717) is 17.9 Å². The van der Waals surface area contributed by atoms with Crippen molar-refractivity contribution in [3.63, 3.8) is 0 Å². The van der Waals surface area contributed by atoms with E-state index in [1.54, 1.807) is 24.5 Å². The van der Waals surface area contributed by atoms with E-state index in [1.165, 1.54) is 6.07 Å². The molecule has 0 N–H and O–H groups in total. The van der Waals surface area contributed by atoms with Gasteiger partial charge < -0.3 is 4.74 Å². The highest BCUT2D eigenvalue weighted by molar-refractivity contribution is 6.19. The van der Waals surface area contributed by atoms with Gasteiger partial charge in [-0.15, -0.1) is 11.6 Å². The van der Waals surface area contributed by atoms with E-state index in [0.717, 1.165) is 5.56 Å². The number of ether oxygens (including phenoxy) is 1. The normalized spacial score (nSPS) is 9.58. The zero-order valence-corrected chi connectivity index (χ0v) is 10.8.